The second-order valence-corrected chi connectivity index (χ2v) is 10.2. The SMILES string of the molecule is CC[Si](C)(CNC1CC1)c1ccccc1Cl. The van der Waals surface area contributed by atoms with Crippen molar-refractivity contribution in [3.8, 4) is 0 Å². The normalized spacial score (nSPS) is 19.4. The van der Waals surface area contributed by atoms with E-state index in [4.69, 9.17) is 11.6 Å². The summed E-state index contributed by atoms with van der Waals surface area (Å²) >= 11 is 6.33. The van der Waals surface area contributed by atoms with Crippen molar-refractivity contribution in [2.75, 3.05) is 6.17 Å². The zero-order valence-electron chi connectivity index (χ0n) is 10.1. The summed E-state index contributed by atoms with van der Waals surface area (Å²) < 4.78 is 0. The molecule has 1 aliphatic rings. The molecule has 0 aliphatic heterocycles. The highest BCUT2D eigenvalue weighted by molar-refractivity contribution is 6.92. The van der Waals surface area contributed by atoms with Gasteiger partial charge in [0.05, 0.1) is 8.07 Å². The molecule has 1 N–H and O–H groups in total. The average molecular weight is 254 g/mol. The molecule has 3 heteroatoms. The highest BCUT2D eigenvalue weighted by Crippen LogP contribution is 2.21. The van der Waals surface area contributed by atoms with Gasteiger partial charge in [0.15, 0.2) is 0 Å². The largest absolute Gasteiger partial charge is 0.316 e. The molecular formula is C13H20ClNSi. The van der Waals surface area contributed by atoms with Gasteiger partial charge in [0, 0.05) is 11.1 Å². The fourth-order valence-corrected chi connectivity index (χ4v) is 5.56. The Morgan fingerprint density at radius 3 is 2.62 bits per heavy atom. The Morgan fingerprint density at radius 1 is 1.38 bits per heavy atom. The van der Waals surface area contributed by atoms with Gasteiger partial charge in [-0.3, -0.25) is 0 Å². The lowest BCUT2D eigenvalue weighted by Gasteiger charge is -2.28. The third kappa shape index (κ3) is 2.68. The molecule has 0 amide bonds. The van der Waals surface area contributed by atoms with Crippen molar-refractivity contribution in [3.63, 3.8) is 0 Å². The predicted octanol–water partition coefficient (Wildman–Crippen LogP) is 2.94. The van der Waals surface area contributed by atoms with Crippen molar-refractivity contribution in [1.29, 1.82) is 0 Å². The van der Waals surface area contributed by atoms with Crippen LogP contribution in [0.4, 0.5) is 0 Å². The molecule has 0 spiro atoms. The van der Waals surface area contributed by atoms with Gasteiger partial charge in [-0.1, -0.05) is 49.3 Å². The number of halogens is 1. The van der Waals surface area contributed by atoms with Gasteiger partial charge in [0.25, 0.3) is 0 Å². The first kappa shape index (κ1) is 12.2. The number of benzene rings is 1. The first-order valence-electron chi connectivity index (χ1n) is 6.14. The van der Waals surface area contributed by atoms with Crippen molar-refractivity contribution in [2.45, 2.75) is 38.4 Å². The molecule has 1 aliphatic carbocycles. The van der Waals surface area contributed by atoms with E-state index in [2.05, 4.69) is 30.9 Å². The van der Waals surface area contributed by atoms with E-state index in [9.17, 15) is 0 Å². The molecule has 1 aromatic rings. The quantitative estimate of drug-likeness (QED) is 0.796. The minimum atomic E-state index is -1.41. The summed E-state index contributed by atoms with van der Waals surface area (Å²) in [6.45, 7) is 4.73. The maximum Gasteiger partial charge on any atom is 0.0992 e. The first-order chi connectivity index (χ1) is 7.65. The Bertz CT molecular complexity index is 365. The number of hydrogen-bond acceptors (Lipinski definition) is 1. The Labute approximate surface area is 104 Å². The van der Waals surface area contributed by atoms with Gasteiger partial charge < -0.3 is 5.32 Å². The number of hydrogen-bond donors (Lipinski definition) is 1. The van der Waals surface area contributed by atoms with Gasteiger partial charge in [0.2, 0.25) is 0 Å². The summed E-state index contributed by atoms with van der Waals surface area (Å²) in [6, 6.07) is 10.4. The van der Waals surface area contributed by atoms with Gasteiger partial charge in [-0.25, -0.2) is 0 Å². The van der Waals surface area contributed by atoms with E-state index in [1.54, 1.807) is 0 Å². The average Bonchev–Trinajstić information content (AvgIpc) is 3.10. The fraction of sp³-hybridized carbons (Fsp3) is 0.538. The van der Waals surface area contributed by atoms with Crippen LogP contribution in [0.2, 0.25) is 17.6 Å². The molecule has 0 aromatic heterocycles. The summed E-state index contributed by atoms with van der Waals surface area (Å²) in [5.74, 6) is 0. The molecule has 0 bridgehead atoms. The first-order valence-corrected chi connectivity index (χ1v) is 9.43. The van der Waals surface area contributed by atoms with Crippen molar-refractivity contribution in [2.24, 2.45) is 0 Å². The van der Waals surface area contributed by atoms with Gasteiger partial charge in [0.1, 0.15) is 0 Å². The zero-order chi connectivity index (χ0) is 11.6. The topological polar surface area (TPSA) is 12.0 Å². The lowest BCUT2D eigenvalue weighted by molar-refractivity contribution is 0.769. The second kappa shape index (κ2) is 4.90. The van der Waals surface area contributed by atoms with Crippen LogP contribution in [0.5, 0.6) is 0 Å². The van der Waals surface area contributed by atoms with E-state index in [0.717, 1.165) is 17.2 Å². The van der Waals surface area contributed by atoms with Crippen LogP contribution in [-0.4, -0.2) is 20.3 Å². The van der Waals surface area contributed by atoms with Gasteiger partial charge in [-0.2, -0.15) is 0 Å². The third-order valence-corrected chi connectivity index (χ3v) is 8.43. The standard InChI is InChI=1S/C13H20ClNSi/c1-3-16(2,10-15-11-8-9-11)13-7-5-4-6-12(13)14/h4-7,11,15H,3,8-10H2,1-2H3. The number of rotatable bonds is 5. The lowest BCUT2D eigenvalue weighted by Crippen LogP contribution is -2.53. The zero-order valence-corrected chi connectivity index (χ0v) is 11.8. The van der Waals surface area contributed by atoms with Crippen LogP contribution in [0.15, 0.2) is 24.3 Å². The van der Waals surface area contributed by atoms with Crippen LogP contribution >= 0.6 is 11.6 Å². The maximum absolute atomic E-state index is 6.33. The van der Waals surface area contributed by atoms with E-state index in [1.807, 2.05) is 12.1 Å². The van der Waals surface area contributed by atoms with Gasteiger partial charge >= 0.3 is 0 Å². The van der Waals surface area contributed by atoms with Crippen LogP contribution in [0.3, 0.4) is 0 Å². The molecule has 0 saturated heterocycles. The van der Waals surface area contributed by atoms with Crippen molar-refractivity contribution < 1.29 is 0 Å². The van der Waals surface area contributed by atoms with Crippen LogP contribution < -0.4 is 10.5 Å². The monoisotopic (exact) mass is 253 g/mol. The molecule has 1 fully saturated rings. The molecule has 0 heterocycles. The molecular weight excluding hydrogens is 234 g/mol. The maximum atomic E-state index is 6.33. The summed E-state index contributed by atoms with van der Waals surface area (Å²) in [7, 11) is -1.41. The molecule has 2 rings (SSSR count). The number of nitrogens with one attached hydrogen (secondary N) is 1. The smallest absolute Gasteiger partial charge is 0.0992 e. The van der Waals surface area contributed by atoms with Gasteiger partial charge in [-0.05, 0) is 30.3 Å². The van der Waals surface area contributed by atoms with Crippen LogP contribution in [0, 0.1) is 0 Å². The molecule has 1 nitrogen and oxygen atoms in total. The summed E-state index contributed by atoms with van der Waals surface area (Å²) in [5, 5.41) is 6.04. The minimum Gasteiger partial charge on any atom is -0.316 e. The van der Waals surface area contributed by atoms with Crippen molar-refractivity contribution in [1.82, 2.24) is 5.32 Å². The molecule has 1 atom stereocenters. The Morgan fingerprint density at radius 2 is 2.06 bits per heavy atom. The van der Waals surface area contributed by atoms with E-state index < -0.39 is 8.07 Å². The van der Waals surface area contributed by atoms with E-state index in [1.165, 1.54) is 24.1 Å². The van der Waals surface area contributed by atoms with E-state index in [0.29, 0.717) is 0 Å². The van der Waals surface area contributed by atoms with Crippen LogP contribution in [0.1, 0.15) is 19.8 Å². The van der Waals surface area contributed by atoms with E-state index >= 15 is 0 Å². The van der Waals surface area contributed by atoms with Crippen LogP contribution in [0.25, 0.3) is 0 Å². The molecule has 0 radical (unpaired) electrons. The Kier molecular flexibility index (Phi) is 3.72. The minimum absolute atomic E-state index is 0.792. The molecule has 1 unspecified atom stereocenters. The highest BCUT2D eigenvalue weighted by Gasteiger charge is 2.31. The van der Waals surface area contributed by atoms with Crippen molar-refractivity contribution >= 4 is 24.9 Å². The summed E-state index contributed by atoms with van der Waals surface area (Å²) in [6.07, 6.45) is 3.88. The molecule has 16 heavy (non-hydrogen) atoms. The molecule has 1 saturated carbocycles. The fourth-order valence-electron chi connectivity index (χ4n) is 2.02. The molecule has 88 valence electrons. The Balaban J connectivity index is 2.15. The highest BCUT2D eigenvalue weighted by atomic mass is 35.5. The lowest BCUT2D eigenvalue weighted by atomic mass is 10.4. The summed E-state index contributed by atoms with van der Waals surface area (Å²) in [5.41, 5.74) is 0. The second-order valence-electron chi connectivity index (χ2n) is 5.05. The Hall–Kier alpha value is -0.313. The summed E-state index contributed by atoms with van der Waals surface area (Å²) in [4.78, 5) is 0. The van der Waals surface area contributed by atoms with Gasteiger partial charge in [-0.15, -0.1) is 0 Å². The predicted molar refractivity (Wildman–Crippen MR) is 74.2 cm³/mol. The third-order valence-electron chi connectivity index (χ3n) is 3.66. The van der Waals surface area contributed by atoms with Crippen molar-refractivity contribution in [3.05, 3.63) is 29.3 Å². The molecule has 1 aromatic carbocycles. The van der Waals surface area contributed by atoms with Crippen LogP contribution in [-0.2, 0) is 0 Å². The van der Waals surface area contributed by atoms with E-state index in [-0.39, 0.29) is 0 Å².